The highest BCUT2D eigenvalue weighted by atomic mass is 32.2. The van der Waals surface area contributed by atoms with Gasteiger partial charge in [-0.2, -0.15) is 0 Å². The van der Waals surface area contributed by atoms with Crippen molar-refractivity contribution in [3.05, 3.63) is 66.7 Å². The maximum absolute atomic E-state index is 11.3. The Labute approximate surface area is 129 Å². The van der Waals surface area contributed by atoms with E-state index in [9.17, 15) is 4.79 Å². The number of esters is 1. The maximum Gasteiger partial charge on any atom is 0.333 e. The summed E-state index contributed by atoms with van der Waals surface area (Å²) in [6.07, 6.45) is 0. The minimum absolute atomic E-state index is 0.327. The molecule has 0 atom stereocenters. The fourth-order valence-corrected chi connectivity index (χ4v) is 2.76. The highest BCUT2D eigenvalue weighted by molar-refractivity contribution is 7.99. The van der Waals surface area contributed by atoms with Crippen LogP contribution in [0.15, 0.2) is 71.6 Å². The van der Waals surface area contributed by atoms with Crippen LogP contribution in [0.1, 0.15) is 6.92 Å². The zero-order chi connectivity index (χ0) is 15.1. The van der Waals surface area contributed by atoms with Crippen molar-refractivity contribution in [2.24, 2.45) is 0 Å². The number of carbonyl (C=O) groups excluding carboxylic acids is 1. The van der Waals surface area contributed by atoms with Crippen LogP contribution in [0.3, 0.4) is 0 Å². The standard InChI is InChI=1S/C18H18O2S/c1-14(2)18(19)20-12-13-21-17-11-7-6-10-16(17)15-8-4-3-5-9-15/h3-11H,1,12-13H2,2H3. The Bertz CT molecular complexity index is 620. The minimum atomic E-state index is -0.327. The second kappa shape index (κ2) is 7.70. The van der Waals surface area contributed by atoms with Gasteiger partial charge < -0.3 is 4.74 Å². The van der Waals surface area contributed by atoms with Gasteiger partial charge in [0, 0.05) is 16.2 Å². The molecule has 2 aromatic rings. The molecular weight excluding hydrogens is 280 g/mol. The highest BCUT2D eigenvalue weighted by Crippen LogP contribution is 2.30. The van der Waals surface area contributed by atoms with E-state index in [1.165, 1.54) is 16.0 Å². The van der Waals surface area contributed by atoms with E-state index < -0.39 is 0 Å². The van der Waals surface area contributed by atoms with Gasteiger partial charge in [0.1, 0.15) is 6.61 Å². The van der Waals surface area contributed by atoms with E-state index in [2.05, 4.69) is 30.8 Å². The first kappa shape index (κ1) is 15.4. The van der Waals surface area contributed by atoms with Crippen LogP contribution in [0.25, 0.3) is 11.1 Å². The molecular formula is C18H18O2S. The molecule has 0 fully saturated rings. The monoisotopic (exact) mass is 298 g/mol. The molecule has 0 bridgehead atoms. The molecule has 108 valence electrons. The molecule has 0 unspecified atom stereocenters. The van der Waals surface area contributed by atoms with Gasteiger partial charge in [0.2, 0.25) is 0 Å². The molecule has 0 saturated carbocycles. The number of hydrogen-bond donors (Lipinski definition) is 0. The molecule has 0 aromatic heterocycles. The Morgan fingerprint density at radius 2 is 1.76 bits per heavy atom. The average Bonchev–Trinajstić information content (AvgIpc) is 2.52. The van der Waals surface area contributed by atoms with Crippen molar-refractivity contribution in [3.8, 4) is 11.1 Å². The molecule has 0 aliphatic heterocycles. The summed E-state index contributed by atoms with van der Waals surface area (Å²) in [7, 11) is 0. The number of rotatable bonds is 6. The van der Waals surface area contributed by atoms with E-state index >= 15 is 0 Å². The second-order valence-corrected chi connectivity index (χ2v) is 5.76. The summed E-state index contributed by atoms with van der Waals surface area (Å²) in [4.78, 5) is 12.5. The van der Waals surface area contributed by atoms with Gasteiger partial charge in [-0.3, -0.25) is 0 Å². The van der Waals surface area contributed by atoms with E-state index in [1.54, 1.807) is 18.7 Å². The van der Waals surface area contributed by atoms with Gasteiger partial charge in [0.25, 0.3) is 0 Å². The van der Waals surface area contributed by atoms with Gasteiger partial charge >= 0.3 is 5.97 Å². The molecule has 0 amide bonds. The first-order chi connectivity index (χ1) is 10.2. The van der Waals surface area contributed by atoms with Crippen LogP contribution < -0.4 is 0 Å². The van der Waals surface area contributed by atoms with E-state index in [0.717, 1.165) is 5.75 Å². The fraction of sp³-hybridized carbons (Fsp3) is 0.167. The molecule has 0 aliphatic carbocycles. The summed E-state index contributed by atoms with van der Waals surface area (Å²) in [6, 6.07) is 18.5. The molecule has 21 heavy (non-hydrogen) atoms. The van der Waals surface area contributed by atoms with Gasteiger partial charge in [-0.1, -0.05) is 55.1 Å². The van der Waals surface area contributed by atoms with Crippen LogP contribution in [0.2, 0.25) is 0 Å². The van der Waals surface area contributed by atoms with Crippen molar-refractivity contribution in [2.45, 2.75) is 11.8 Å². The van der Waals surface area contributed by atoms with Gasteiger partial charge in [-0.05, 0) is 24.1 Å². The Morgan fingerprint density at radius 1 is 1.10 bits per heavy atom. The topological polar surface area (TPSA) is 26.3 Å². The van der Waals surface area contributed by atoms with Crippen LogP contribution in [-0.2, 0) is 9.53 Å². The molecule has 0 N–H and O–H groups in total. The van der Waals surface area contributed by atoms with Gasteiger partial charge in [-0.15, -0.1) is 11.8 Å². The third-order valence-corrected chi connectivity index (χ3v) is 3.93. The summed E-state index contributed by atoms with van der Waals surface area (Å²) < 4.78 is 5.11. The SMILES string of the molecule is C=C(C)C(=O)OCCSc1ccccc1-c1ccccc1. The second-order valence-electron chi connectivity index (χ2n) is 4.63. The predicted octanol–water partition coefficient (Wildman–Crippen LogP) is 4.57. The number of carbonyl (C=O) groups is 1. The van der Waals surface area contributed by atoms with E-state index in [1.807, 2.05) is 30.3 Å². The van der Waals surface area contributed by atoms with Crippen molar-refractivity contribution < 1.29 is 9.53 Å². The van der Waals surface area contributed by atoms with Crippen molar-refractivity contribution in [1.29, 1.82) is 0 Å². The van der Waals surface area contributed by atoms with Gasteiger partial charge in [-0.25, -0.2) is 4.79 Å². The van der Waals surface area contributed by atoms with Gasteiger partial charge in [0.15, 0.2) is 0 Å². The smallest absolute Gasteiger partial charge is 0.333 e. The number of thioether (sulfide) groups is 1. The molecule has 0 saturated heterocycles. The Morgan fingerprint density at radius 3 is 2.48 bits per heavy atom. The van der Waals surface area contributed by atoms with E-state index in [0.29, 0.717) is 12.2 Å². The largest absolute Gasteiger partial charge is 0.461 e. The van der Waals surface area contributed by atoms with Crippen molar-refractivity contribution in [3.63, 3.8) is 0 Å². The molecule has 0 spiro atoms. The number of hydrogen-bond acceptors (Lipinski definition) is 3. The average molecular weight is 298 g/mol. The molecule has 2 nitrogen and oxygen atoms in total. The first-order valence-electron chi connectivity index (χ1n) is 6.78. The Balaban J connectivity index is 1.98. The zero-order valence-electron chi connectivity index (χ0n) is 12.0. The summed E-state index contributed by atoms with van der Waals surface area (Å²) in [5, 5.41) is 0. The van der Waals surface area contributed by atoms with Crippen LogP contribution in [-0.4, -0.2) is 18.3 Å². The summed E-state index contributed by atoms with van der Waals surface area (Å²) in [5.41, 5.74) is 2.83. The van der Waals surface area contributed by atoms with Crippen LogP contribution in [0, 0.1) is 0 Å². The lowest BCUT2D eigenvalue weighted by molar-refractivity contribution is -0.138. The molecule has 0 radical (unpaired) electrons. The van der Waals surface area contributed by atoms with Crippen LogP contribution in [0.5, 0.6) is 0 Å². The predicted molar refractivity (Wildman–Crippen MR) is 88.4 cm³/mol. The fourth-order valence-electron chi connectivity index (χ4n) is 1.86. The van der Waals surface area contributed by atoms with Crippen LogP contribution in [0.4, 0.5) is 0 Å². The molecule has 2 aromatic carbocycles. The first-order valence-corrected chi connectivity index (χ1v) is 7.77. The normalized spacial score (nSPS) is 10.1. The maximum atomic E-state index is 11.3. The molecule has 0 aliphatic rings. The lowest BCUT2D eigenvalue weighted by atomic mass is 10.1. The van der Waals surface area contributed by atoms with E-state index in [-0.39, 0.29) is 5.97 Å². The van der Waals surface area contributed by atoms with Crippen molar-refractivity contribution >= 4 is 17.7 Å². The molecule has 2 rings (SSSR count). The minimum Gasteiger partial charge on any atom is -0.461 e. The van der Waals surface area contributed by atoms with Crippen molar-refractivity contribution in [1.82, 2.24) is 0 Å². The lowest BCUT2D eigenvalue weighted by Gasteiger charge is -2.09. The third-order valence-electron chi connectivity index (χ3n) is 2.89. The highest BCUT2D eigenvalue weighted by Gasteiger charge is 2.06. The Kier molecular flexibility index (Phi) is 5.64. The zero-order valence-corrected chi connectivity index (χ0v) is 12.9. The lowest BCUT2D eigenvalue weighted by Crippen LogP contribution is -2.07. The van der Waals surface area contributed by atoms with E-state index in [4.69, 9.17) is 4.74 Å². The van der Waals surface area contributed by atoms with Crippen LogP contribution >= 0.6 is 11.8 Å². The number of ether oxygens (including phenoxy) is 1. The summed E-state index contributed by atoms with van der Waals surface area (Å²) in [6.45, 7) is 5.61. The molecule has 3 heteroatoms. The summed E-state index contributed by atoms with van der Waals surface area (Å²) in [5.74, 6) is 0.398. The quantitative estimate of drug-likeness (QED) is 0.338. The van der Waals surface area contributed by atoms with Crippen molar-refractivity contribution in [2.75, 3.05) is 12.4 Å². The molecule has 0 heterocycles. The Hall–Kier alpha value is -2.00. The third kappa shape index (κ3) is 4.50. The van der Waals surface area contributed by atoms with Gasteiger partial charge in [0.05, 0.1) is 0 Å². The summed E-state index contributed by atoms with van der Waals surface area (Å²) >= 11 is 1.69. The number of benzene rings is 2.